The molecular formula is C22H42IN5O. The van der Waals surface area contributed by atoms with Gasteiger partial charge in [0.25, 0.3) is 0 Å². The number of aliphatic imine (C=N–C) groups is 1. The van der Waals surface area contributed by atoms with Crippen LogP contribution in [0.25, 0.3) is 0 Å². The maximum atomic E-state index is 5.65. The fraction of sp³-hybridized carbons (Fsp3) is 0.818. The fourth-order valence-electron chi connectivity index (χ4n) is 4.42. The largest absolute Gasteiger partial charge is 0.382 e. The van der Waals surface area contributed by atoms with Crippen LogP contribution in [-0.4, -0.2) is 42.0 Å². The number of aryl methyl sites for hydroxylation is 2. The summed E-state index contributed by atoms with van der Waals surface area (Å²) >= 11 is 0. The first-order chi connectivity index (χ1) is 13.6. The highest BCUT2D eigenvalue weighted by Gasteiger charge is 2.33. The van der Waals surface area contributed by atoms with Gasteiger partial charge in [0.05, 0.1) is 12.2 Å². The van der Waals surface area contributed by atoms with Gasteiger partial charge < -0.3 is 15.4 Å². The predicted octanol–water partition coefficient (Wildman–Crippen LogP) is 4.21. The van der Waals surface area contributed by atoms with Crippen LogP contribution in [0.2, 0.25) is 0 Å². The average molecular weight is 520 g/mol. The van der Waals surface area contributed by atoms with Crippen LogP contribution in [0.15, 0.2) is 4.99 Å². The lowest BCUT2D eigenvalue weighted by atomic mass is 9.83. The number of hydrogen-bond donors (Lipinski definition) is 2. The van der Waals surface area contributed by atoms with Crippen molar-refractivity contribution in [1.29, 1.82) is 0 Å². The zero-order chi connectivity index (χ0) is 20.4. The smallest absolute Gasteiger partial charge is 0.191 e. The molecule has 2 rings (SSSR count). The van der Waals surface area contributed by atoms with Gasteiger partial charge in [-0.05, 0) is 51.4 Å². The Balaban J connectivity index is 0.00000420. The zero-order valence-corrected chi connectivity index (χ0v) is 21.5. The van der Waals surface area contributed by atoms with Crippen molar-refractivity contribution in [2.45, 2.75) is 79.2 Å². The van der Waals surface area contributed by atoms with Crippen molar-refractivity contribution in [1.82, 2.24) is 20.4 Å². The molecule has 7 heteroatoms. The highest BCUT2D eigenvalue weighted by Crippen LogP contribution is 2.40. The second-order valence-electron chi connectivity index (χ2n) is 7.91. The van der Waals surface area contributed by atoms with Gasteiger partial charge in [0.15, 0.2) is 5.96 Å². The maximum Gasteiger partial charge on any atom is 0.191 e. The number of hydrogen-bond acceptors (Lipinski definition) is 3. The fourth-order valence-corrected chi connectivity index (χ4v) is 4.42. The van der Waals surface area contributed by atoms with Gasteiger partial charge in [-0.1, -0.05) is 26.7 Å². The summed E-state index contributed by atoms with van der Waals surface area (Å²) in [6, 6.07) is 0. The van der Waals surface area contributed by atoms with Crippen molar-refractivity contribution in [3.8, 4) is 0 Å². The third-order valence-corrected chi connectivity index (χ3v) is 6.04. The lowest BCUT2D eigenvalue weighted by molar-refractivity contribution is 0.105. The third kappa shape index (κ3) is 7.42. The van der Waals surface area contributed by atoms with Crippen molar-refractivity contribution in [3.05, 3.63) is 17.0 Å². The molecular weight excluding hydrogens is 477 g/mol. The summed E-state index contributed by atoms with van der Waals surface area (Å²) in [7, 11) is 2.04. The molecule has 1 saturated carbocycles. The minimum absolute atomic E-state index is 0. The van der Waals surface area contributed by atoms with E-state index in [2.05, 4.69) is 43.4 Å². The minimum Gasteiger partial charge on any atom is -0.382 e. The normalized spacial score (nSPS) is 16.0. The van der Waals surface area contributed by atoms with E-state index < -0.39 is 0 Å². The second kappa shape index (κ2) is 13.5. The summed E-state index contributed by atoms with van der Waals surface area (Å²) in [4.78, 5) is 4.91. The molecule has 2 N–H and O–H groups in total. The number of guanidine groups is 1. The van der Waals surface area contributed by atoms with E-state index in [1.807, 2.05) is 11.7 Å². The predicted molar refractivity (Wildman–Crippen MR) is 132 cm³/mol. The Morgan fingerprint density at radius 3 is 2.45 bits per heavy atom. The Bertz CT molecular complexity index is 623. The molecule has 1 aromatic rings. The SMILES string of the molecule is CCNC(=NCc1c(CC)nn(C)c1CC)NCC1(CCOCC)CCCC1.I. The molecule has 0 spiro atoms. The van der Waals surface area contributed by atoms with Crippen LogP contribution < -0.4 is 10.6 Å². The number of nitrogens with zero attached hydrogens (tertiary/aromatic N) is 3. The zero-order valence-electron chi connectivity index (χ0n) is 19.1. The van der Waals surface area contributed by atoms with Gasteiger partial charge in [-0.15, -0.1) is 24.0 Å². The molecule has 6 nitrogen and oxygen atoms in total. The molecule has 0 atom stereocenters. The molecule has 168 valence electrons. The number of rotatable bonds is 11. The Hall–Kier alpha value is -0.830. The molecule has 0 bridgehead atoms. The monoisotopic (exact) mass is 519 g/mol. The molecule has 0 aromatic carbocycles. The third-order valence-electron chi connectivity index (χ3n) is 6.04. The topological polar surface area (TPSA) is 63.5 Å². The van der Waals surface area contributed by atoms with Gasteiger partial charge in [-0.25, -0.2) is 4.99 Å². The van der Waals surface area contributed by atoms with Crippen molar-refractivity contribution >= 4 is 29.9 Å². The van der Waals surface area contributed by atoms with Crippen LogP contribution in [0.1, 0.15) is 76.8 Å². The molecule has 1 aliphatic carbocycles. The van der Waals surface area contributed by atoms with E-state index in [1.165, 1.54) is 42.6 Å². The molecule has 29 heavy (non-hydrogen) atoms. The lowest BCUT2D eigenvalue weighted by Gasteiger charge is -2.30. The highest BCUT2D eigenvalue weighted by molar-refractivity contribution is 14.0. The van der Waals surface area contributed by atoms with Crippen LogP contribution in [0.4, 0.5) is 0 Å². The first-order valence-corrected chi connectivity index (χ1v) is 11.2. The second-order valence-corrected chi connectivity index (χ2v) is 7.91. The Morgan fingerprint density at radius 1 is 1.14 bits per heavy atom. The van der Waals surface area contributed by atoms with Crippen molar-refractivity contribution in [2.24, 2.45) is 17.5 Å². The number of ether oxygens (including phenoxy) is 1. The standard InChI is InChI=1S/C22H41N5O.HI/c1-6-19-18(20(7-2)27(5)26-19)16-24-21(23-8-3)25-17-22(12-10-11-13-22)14-15-28-9-4;/h6-17H2,1-5H3,(H2,23,24,25);1H. The molecule has 1 aliphatic rings. The van der Waals surface area contributed by atoms with Crippen LogP contribution in [0.3, 0.4) is 0 Å². The Morgan fingerprint density at radius 2 is 1.86 bits per heavy atom. The molecule has 1 fully saturated rings. The summed E-state index contributed by atoms with van der Waals surface area (Å²) in [6.45, 7) is 12.7. The first kappa shape index (κ1) is 26.2. The maximum absolute atomic E-state index is 5.65. The summed E-state index contributed by atoms with van der Waals surface area (Å²) in [6.07, 6.45) is 8.30. The molecule has 0 radical (unpaired) electrons. The van der Waals surface area contributed by atoms with Gasteiger partial charge >= 0.3 is 0 Å². The average Bonchev–Trinajstić information content (AvgIpc) is 3.28. The highest BCUT2D eigenvalue weighted by atomic mass is 127. The molecule has 0 unspecified atom stereocenters. The number of aromatic nitrogens is 2. The molecule has 0 amide bonds. The van der Waals surface area contributed by atoms with E-state index in [0.717, 1.165) is 51.5 Å². The van der Waals surface area contributed by atoms with Crippen LogP contribution in [-0.2, 0) is 31.2 Å². The minimum atomic E-state index is 0. The van der Waals surface area contributed by atoms with Gasteiger partial charge in [-0.2, -0.15) is 5.10 Å². The van der Waals surface area contributed by atoms with Crippen molar-refractivity contribution in [2.75, 3.05) is 26.3 Å². The summed E-state index contributed by atoms with van der Waals surface area (Å²) in [5.74, 6) is 0.915. The lowest BCUT2D eigenvalue weighted by Crippen LogP contribution is -2.43. The van der Waals surface area contributed by atoms with Gasteiger partial charge in [-0.3, -0.25) is 4.68 Å². The van der Waals surface area contributed by atoms with Crippen molar-refractivity contribution in [3.63, 3.8) is 0 Å². The summed E-state index contributed by atoms with van der Waals surface area (Å²) in [5, 5.41) is 11.7. The van der Waals surface area contributed by atoms with Crippen LogP contribution in [0.5, 0.6) is 0 Å². The molecule has 0 saturated heterocycles. The van der Waals surface area contributed by atoms with Gasteiger partial charge in [0.1, 0.15) is 0 Å². The Kier molecular flexibility index (Phi) is 12.2. The van der Waals surface area contributed by atoms with E-state index in [1.54, 1.807) is 0 Å². The van der Waals surface area contributed by atoms with Crippen LogP contribution >= 0.6 is 24.0 Å². The van der Waals surface area contributed by atoms with Gasteiger partial charge in [0, 0.05) is 44.6 Å². The van der Waals surface area contributed by atoms with E-state index in [-0.39, 0.29) is 24.0 Å². The molecule has 0 aliphatic heterocycles. The van der Waals surface area contributed by atoms with E-state index in [4.69, 9.17) is 9.73 Å². The van der Waals surface area contributed by atoms with E-state index in [0.29, 0.717) is 12.0 Å². The summed E-state index contributed by atoms with van der Waals surface area (Å²) < 4.78 is 7.67. The van der Waals surface area contributed by atoms with Crippen LogP contribution in [0, 0.1) is 5.41 Å². The Labute approximate surface area is 194 Å². The summed E-state index contributed by atoms with van der Waals surface area (Å²) in [5.41, 5.74) is 4.10. The number of halogens is 1. The van der Waals surface area contributed by atoms with Crippen molar-refractivity contribution < 1.29 is 4.74 Å². The first-order valence-electron chi connectivity index (χ1n) is 11.2. The van der Waals surface area contributed by atoms with E-state index in [9.17, 15) is 0 Å². The number of nitrogens with one attached hydrogen (secondary N) is 2. The molecule has 1 aromatic heterocycles. The quantitative estimate of drug-likeness (QED) is 0.199. The van der Waals surface area contributed by atoms with E-state index >= 15 is 0 Å². The van der Waals surface area contributed by atoms with Gasteiger partial charge in [0.2, 0.25) is 0 Å². The molecule has 1 heterocycles.